The number of carbonyl (C=O) groups excluding carboxylic acids is 1. The van der Waals surface area contributed by atoms with Gasteiger partial charge in [0, 0.05) is 6.42 Å². The number of rotatable bonds is 16. The van der Waals surface area contributed by atoms with Gasteiger partial charge in [0.1, 0.15) is 6.61 Å². The Morgan fingerprint density at radius 2 is 1.29 bits per heavy atom. The number of esters is 1. The Hall–Kier alpha value is -0.440. The van der Waals surface area contributed by atoms with Gasteiger partial charge >= 0.3 is 5.97 Å². The van der Waals surface area contributed by atoms with E-state index in [0.29, 0.717) is 13.0 Å². The molecule has 0 rings (SSSR count). The van der Waals surface area contributed by atoms with E-state index < -0.39 is 0 Å². The second-order valence-electron chi connectivity index (χ2n) is 6.33. The van der Waals surface area contributed by atoms with Crippen molar-refractivity contribution >= 4 is 18.6 Å². The van der Waals surface area contributed by atoms with Crippen molar-refractivity contribution in [3.05, 3.63) is 12.7 Å². The molecule has 0 aliphatic carbocycles. The van der Waals surface area contributed by atoms with Crippen molar-refractivity contribution in [1.29, 1.82) is 0 Å². The fourth-order valence-electron chi connectivity index (χ4n) is 2.34. The predicted octanol–water partition coefficient (Wildman–Crippen LogP) is 7.13. The van der Waals surface area contributed by atoms with Gasteiger partial charge in [0.05, 0.1) is 0 Å². The molecule has 0 fully saturated rings. The molecule has 0 N–H and O–H groups in total. The third kappa shape index (κ3) is 26.5. The molecule has 2 nitrogen and oxygen atoms in total. The van der Waals surface area contributed by atoms with Crippen LogP contribution in [0.4, 0.5) is 0 Å². The largest absolute Gasteiger partial charge is 0.461 e. The second-order valence-corrected chi connectivity index (χ2v) is 6.78. The average molecular weight is 359 g/mol. The lowest BCUT2D eigenvalue weighted by Crippen LogP contribution is -2.03. The van der Waals surface area contributed by atoms with E-state index in [0.717, 1.165) is 25.0 Å². The Morgan fingerprint density at radius 3 is 1.75 bits per heavy atom. The molecular weight excluding hydrogens is 316 g/mol. The molecule has 0 radical (unpaired) electrons. The van der Waals surface area contributed by atoms with E-state index >= 15 is 0 Å². The zero-order valence-electron chi connectivity index (χ0n) is 16.4. The van der Waals surface area contributed by atoms with Crippen molar-refractivity contribution in [3.8, 4) is 0 Å². The van der Waals surface area contributed by atoms with Crippen LogP contribution in [0.25, 0.3) is 0 Å². The van der Waals surface area contributed by atoms with Crippen LogP contribution >= 0.6 is 12.6 Å². The molecule has 0 atom stereocenters. The summed E-state index contributed by atoms with van der Waals surface area (Å²) in [6.07, 6.45) is 19.5. The fraction of sp³-hybridized carbons (Fsp3) is 0.857. The van der Waals surface area contributed by atoms with Crippen molar-refractivity contribution in [3.63, 3.8) is 0 Å². The van der Waals surface area contributed by atoms with Gasteiger partial charge < -0.3 is 4.74 Å². The van der Waals surface area contributed by atoms with Gasteiger partial charge in [0.15, 0.2) is 0 Å². The molecule has 3 heteroatoms. The zero-order chi connectivity index (χ0) is 18.3. The smallest absolute Gasteiger partial charge is 0.306 e. The normalized spacial score (nSPS) is 9.96. The first-order chi connectivity index (χ1) is 11.7. The van der Waals surface area contributed by atoms with E-state index in [4.69, 9.17) is 4.74 Å². The highest BCUT2D eigenvalue weighted by Crippen LogP contribution is 2.10. The lowest BCUT2D eigenvalue weighted by atomic mass is 10.1. The van der Waals surface area contributed by atoms with Gasteiger partial charge in [-0.1, -0.05) is 97.1 Å². The highest BCUT2D eigenvalue weighted by Gasteiger charge is 1.99. The molecule has 0 aromatic rings. The summed E-state index contributed by atoms with van der Waals surface area (Å²) < 4.78 is 4.78. The highest BCUT2D eigenvalue weighted by atomic mass is 32.1. The lowest BCUT2D eigenvalue weighted by molar-refractivity contribution is -0.142. The van der Waals surface area contributed by atoms with Crippen LogP contribution < -0.4 is 0 Å². The second kappa shape index (κ2) is 24.8. The maximum Gasteiger partial charge on any atom is 0.306 e. The molecule has 0 unspecified atom stereocenters. The Bertz CT molecular complexity index is 244. The maximum absolute atomic E-state index is 10.8. The van der Waals surface area contributed by atoms with Crippen molar-refractivity contribution in [2.45, 2.75) is 104 Å². The van der Waals surface area contributed by atoms with Gasteiger partial charge in [0.2, 0.25) is 0 Å². The molecule has 0 amide bonds. The first-order valence-corrected chi connectivity index (χ1v) is 10.7. The number of hydrogen-bond donors (Lipinski definition) is 1. The summed E-state index contributed by atoms with van der Waals surface area (Å²) in [5.41, 5.74) is 0. The van der Waals surface area contributed by atoms with Gasteiger partial charge in [0.25, 0.3) is 0 Å². The number of carbonyl (C=O) groups is 1. The maximum atomic E-state index is 10.8. The topological polar surface area (TPSA) is 26.3 Å². The van der Waals surface area contributed by atoms with Crippen LogP contribution in [-0.2, 0) is 9.53 Å². The zero-order valence-corrected chi connectivity index (χ0v) is 17.3. The van der Waals surface area contributed by atoms with Crippen LogP contribution in [0, 0.1) is 0 Å². The van der Waals surface area contributed by atoms with Gasteiger partial charge in [-0.05, 0) is 18.6 Å². The molecule has 0 spiro atoms. The van der Waals surface area contributed by atoms with Crippen LogP contribution in [0.1, 0.15) is 104 Å². The third-order valence-electron chi connectivity index (χ3n) is 3.86. The molecule has 0 aliphatic rings. The minimum Gasteiger partial charge on any atom is -0.461 e. The Kier molecular flexibility index (Phi) is 26.7. The van der Waals surface area contributed by atoms with Crippen LogP contribution in [0.5, 0.6) is 0 Å². The van der Waals surface area contributed by atoms with Gasteiger partial charge in [-0.2, -0.15) is 12.6 Å². The van der Waals surface area contributed by atoms with Gasteiger partial charge in [-0.15, -0.1) is 0 Å². The summed E-state index contributed by atoms with van der Waals surface area (Å²) in [6.45, 7) is 8.17. The summed E-state index contributed by atoms with van der Waals surface area (Å²) in [5.74, 6) is 0.953. The molecule has 0 aromatic heterocycles. The molecule has 0 aromatic carbocycles. The van der Waals surface area contributed by atoms with E-state index in [1.165, 1.54) is 64.2 Å². The van der Waals surface area contributed by atoms with Crippen molar-refractivity contribution in [2.75, 3.05) is 12.4 Å². The lowest BCUT2D eigenvalue weighted by Gasteiger charge is -2.00. The molecule has 0 aliphatic heterocycles. The molecule has 0 heterocycles. The van der Waals surface area contributed by atoms with E-state index in [1.54, 1.807) is 6.08 Å². The standard InChI is InChI=1S/C12H26S.C9H16O2/c1-2-3-4-5-6-7-8-9-10-11-12-13;1-3-5-6-7-9(10)11-8-4-2/h13H,2-12H2,1H3;4H,2-3,5-8H2,1H3. The van der Waals surface area contributed by atoms with Gasteiger partial charge in [-0.25, -0.2) is 0 Å². The van der Waals surface area contributed by atoms with Crippen LogP contribution in [0.2, 0.25) is 0 Å². The summed E-state index contributed by atoms with van der Waals surface area (Å²) in [5, 5.41) is 0. The quantitative estimate of drug-likeness (QED) is 0.137. The van der Waals surface area contributed by atoms with Crippen molar-refractivity contribution in [2.24, 2.45) is 0 Å². The average Bonchev–Trinajstić information content (AvgIpc) is 2.59. The number of unbranched alkanes of at least 4 members (excludes halogenated alkanes) is 11. The molecule has 0 saturated carbocycles. The minimum absolute atomic E-state index is 0.113. The summed E-state index contributed by atoms with van der Waals surface area (Å²) in [6, 6.07) is 0. The first kappa shape index (κ1) is 25.8. The third-order valence-corrected chi connectivity index (χ3v) is 4.17. The van der Waals surface area contributed by atoms with Crippen LogP contribution in [0.15, 0.2) is 12.7 Å². The Balaban J connectivity index is 0. The van der Waals surface area contributed by atoms with Crippen LogP contribution in [0.3, 0.4) is 0 Å². The minimum atomic E-state index is -0.113. The summed E-state index contributed by atoms with van der Waals surface area (Å²) >= 11 is 4.20. The van der Waals surface area contributed by atoms with E-state index in [-0.39, 0.29) is 5.97 Å². The van der Waals surface area contributed by atoms with Crippen molar-refractivity contribution in [1.82, 2.24) is 0 Å². The molecular formula is C21H42O2S. The van der Waals surface area contributed by atoms with Crippen molar-refractivity contribution < 1.29 is 9.53 Å². The van der Waals surface area contributed by atoms with E-state index in [2.05, 4.69) is 33.1 Å². The van der Waals surface area contributed by atoms with Crippen LogP contribution in [-0.4, -0.2) is 18.3 Å². The van der Waals surface area contributed by atoms with E-state index in [9.17, 15) is 4.79 Å². The Labute approximate surface area is 157 Å². The molecule has 144 valence electrons. The monoisotopic (exact) mass is 358 g/mol. The summed E-state index contributed by atoms with van der Waals surface area (Å²) in [4.78, 5) is 10.8. The highest BCUT2D eigenvalue weighted by molar-refractivity contribution is 7.80. The molecule has 0 bridgehead atoms. The fourth-order valence-corrected chi connectivity index (χ4v) is 2.57. The number of ether oxygens (including phenoxy) is 1. The number of hydrogen-bond acceptors (Lipinski definition) is 3. The van der Waals surface area contributed by atoms with Gasteiger partial charge in [-0.3, -0.25) is 4.79 Å². The summed E-state index contributed by atoms with van der Waals surface area (Å²) in [7, 11) is 0. The van der Waals surface area contributed by atoms with E-state index in [1.807, 2.05) is 0 Å². The molecule has 0 saturated heterocycles. The first-order valence-electron chi connectivity index (χ1n) is 10.1. The SMILES string of the molecule is C=CCOC(=O)CCCCC.CCCCCCCCCCCCS. The molecule has 24 heavy (non-hydrogen) atoms. The number of thiol groups is 1. The predicted molar refractivity (Wildman–Crippen MR) is 111 cm³/mol. The Morgan fingerprint density at radius 1 is 0.833 bits per heavy atom.